The fourth-order valence-corrected chi connectivity index (χ4v) is 6.94. The van der Waals surface area contributed by atoms with Crippen LogP contribution < -0.4 is 0 Å². The second-order valence-electron chi connectivity index (χ2n) is 12.9. The van der Waals surface area contributed by atoms with Crippen LogP contribution in [0, 0.1) is 11.3 Å². The van der Waals surface area contributed by atoms with Gasteiger partial charge in [0.2, 0.25) is 0 Å². The van der Waals surface area contributed by atoms with E-state index in [-0.39, 0.29) is 29.1 Å². The van der Waals surface area contributed by atoms with Gasteiger partial charge in [0.25, 0.3) is 0 Å². The molecule has 2 aromatic carbocycles. The minimum atomic E-state index is -1.29. The van der Waals surface area contributed by atoms with Crippen LogP contribution in [0.4, 0.5) is 9.18 Å². The van der Waals surface area contributed by atoms with Gasteiger partial charge in [0.1, 0.15) is 5.67 Å². The van der Waals surface area contributed by atoms with Gasteiger partial charge < -0.3 is 10.0 Å². The van der Waals surface area contributed by atoms with E-state index in [9.17, 15) is 14.7 Å². The maximum Gasteiger partial charge on any atom is 0.407 e. The third kappa shape index (κ3) is 5.66. The number of alkyl halides is 1. The van der Waals surface area contributed by atoms with Crippen molar-refractivity contribution < 1.29 is 19.1 Å². The number of halogens is 1. The summed E-state index contributed by atoms with van der Waals surface area (Å²) in [7, 11) is 0. The molecule has 0 radical (unpaired) electrons. The SMILES string of the molecule is CC(C)(C)C1CC(c2ccc3c(c2)CC(CC2(F)CCN(Cc4ccccc4)CC2)C3=O)CCN1C(=O)O. The highest BCUT2D eigenvalue weighted by Crippen LogP contribution is 2.42. The Morgan fingerprint density at radius 2 is 1.79 bits per heavy atom. The molecule has 1 aliphatic carbocycles. The average Bonchev–Trinajstić information content (AvgIpc) is 3.19. The van der Waals surface area contributed by atoms with Crippen LogP contribution in [-0.4, -0.2) is 58.1 Å². The molecule has 0 saturated carbocycles. The number of likely N-dealkylation sites (tertiary alicyclic amines) is 2. The fourth-order valence-electron chi connectivity index (χ4n) is 6.94. The van der Waals surface area contributed by atoms with E-state index in [1.54, 1.807) is 4.90 Å². The molecule has 2 aliphatic heterocycles. The van der Waals surface area contributed by atoms with Gasteiger partial charge in [-0.05, 0) is 66.5 Å². The third-order valence-electron chi connectivity index (χ3n) is 9.16. The summed E-state index contributed by atoms with van der Waals surface area (Å²) in [5.74, 6) is 0.0568. The first-order valence-electron chi connectivity index (χ1n) is 14.1. The summed E-state index contributed by atoms with van der Waals surface area (Å²) in [5, 5.41) is 9.71. The molecule has 1 amide bonds. The number of rotatable bonds is 5. The van der Waals surface area contributed by atoms with Crippen molar-refractivity contribution in [1.29, 1.82) is 0 Å². The number of Topliss-reactive ketones (excluding diaryl/α,β-unsaturated/α-hetero) is 1. The number of carbonyl (C=O) groups excluding carboxylic acids is 1. The number of fused-ring (bicyclic) bond motifs is 1. The predicted molar refractivity (Wildman–Crippen MR) is 147 cm³/mol. The van der Waals surface area contributed by atoms with Crippen LogP contribution in [0.1, 0.15) is 85.8 Å². The van der Waals surface area contributed by atoms with Gasteiger partial charge in [-0.25, -0.2) is 9.18 Å². The Balaban J connectivity index is 1.22. The molecule has 3 aliphatic rings. The van der Waals surface area contributed by atoms with E-state index in [4.69, 9.17) is 0 Å². The van der Waals surface area contributed by atoms with Crippen LogP contribution in [0.3, 0.4) is 0 Å². The molecule has 38 heavy (non-hydrogen) atoms. The van der Waals surface area contributed by atoms with Crippen molar-refractivity contribution in [2.24, 2.45) is 11.3 Å². The molecule has 2 heterocycles. The molecule has 0 spiro atoms. The predicted octanol–water partition coefficient (Wildman–Crippen LogP) is 6.71. The Hall–Kier alpha value is -2.73. The monoisotopic (exact) mass is 520 g/mol. The van der Waals surface area contributed by atoms with E-state index in [1.807, 2.05) is 30.3 Å². The number of nitrogens with zero attached hydrogens (tertiary/aromatic N) is 2. The number of hydrogen-bond acceptors (Lipinski definition) is 3. The number of benzene rings is 2. The van der Waals surface area contributed by atoms with Gasteiger partial charge in [-0.15, -0.1) is 0 Å². The zero-order valence-corrected chi connectivity index (χ0v) is 23.0. The molecule has 2 aromatic rings. The Morgan fingerprint density at radius 1 is 1.08 bits per heavy atom. The number of carbonyl (C=O) groups is 2. The highest BCUT2D eigenvalue weighted by Gasteiger charge is 2.42. The van der Waals surface area contributed by atoms with Crippen LogP contribution in [0.15, 0.2) is 48.5 Å². The summed E-state index contributed by atoms with van der Waals surface area (Å²) < 4.78 is 15.9. The molecule has 3 atom stereocenters. The van der Waals surface area contributed by atoms with Crippen molar-refractivity contribution in [3.05, 3.63) is 70.8 Å². The van der Waals surface area contributed by atoms with Crippen molar-refractivity contribution in [1.82, 2.24) is 9.80 Å². The Morgan fingerprint density at radius 3 is 2.45 bits per heavy atom. The van der Waals surface area contributed by atoms with Crippen molar-refractivity contribution in [3.8, 4) is 0 Å². The van der Waals surface area contributed by atoms with E-state index in [1.165, 1.54) is 11.1 Å². The van der Waals surface area contributed by atoms with Gasteiger partial charge in [-0.3, -0.25) is 9.69 Å². The lowest BCUT2D eigenvalue weighted by atomic mass is 9.75. The van der Waals surface area contributed by atoms with Gasteiger partial charge in [-0.2, -0.15) is 0 Å². The lowest BCUT2D eigenvalue weighted by Crippen LogP contribution is -2.51. The minimum Gasteiger partial charge on any atom is -0.465 e. The number of carboxylic acid groups (broad SMARTS) is 1. The summed E-state index contributed by atoms with van der Waals surface area (Å²) in [6.07, 6.45) is 2.57. The Labute approximate surface area is 226 Å². The largest absolute Gasteiger partial charge is 0.465 e. The normalized spacial score (nSPS) is 25.8. The smallest absolute Gasteiger partial charge is 0.407 e. The quantitative estimate of drug-likeness (QED) is 0.476. The lowest BCUT2D eigenvalue weighted by molar-refractivity contribution is 0.0336. The first-order chi connectivity index (χ1) is 18.0. The second-order valence-corrected chi connectivity index (χ2v) is 12.9. The molecule has 3 unspecified atom stereocenters. The standard InChI is InChI=1S/C32H41FN2O3/c1-31(2,3)28-19-24(11-14-35(28)30(37)38)23-9-10-27-25(17-23)18-26(29(27)36)20-32(33)12-15-34(16-13-32)21-22-7-5-4-6-8-22/h4-10,17,24,26,28H,11-16,18-21H2,1-3H3,(H,37,38). The number of amides is 1. The van der Waals surface area contributed by atoms with Gasteiger partial charge >= 0.3 is 6.09 Å². The van der Waals surface area contributed by atoms with Crippen molar-refractivity contribution in [2.75, 3.05) is 19.6 Å². The second kappa shape index (κ2) is 10.4. The summed E-state index contributed by atoms with van der Waals surface area (Å²) in [5.41, 5.74) is 2.78. The molecule has 0 bridgehead atoms. The lowest BCUT2D eigenvalue weighted by Gasteiger charge is -2.44. The van der Waals surface area contributed by atoms with Crippen LogP contribution >= 0.6 is 0 Å². The van der Waals surface area contributed by atoms with E-state index in [0.717, 1.165) is 30.5 Å². The first-order valence-corrected chi connectivity index (χ1v) is 14.1. The molecular formula is C32H41FN2O3. The Kier molecular flexibility index (Phi) is 7.38. The highest BCUT2D eigenvalue weighted by atomic mass is 19.1. The van der Waals surface area contributed by atoms with Crippen LogP contribution in [0.2, 0.25) is 0 Å². The molecule has 5 rings (SSSR count). The molecule has 5 nitrogen and oxygen atoms in total. The number of ketones is 1. The van der Waals surface area contributed by atoms with Gasteiger partial charge in [0.15, 0.2) is 5.78 Å². The van der Waals surface area contributed by atoms with Crippen molar-refractivity contribution >= 4 is 11.9 Å². The summed E-state index contributed by atoms with van der Waals surface area (Å²) in [4.78, 5) is 29.0. The van der Waals surface area contributed by atoms with E-state index >= 15 is 4.39 Å². The highest BCUT2D eigenvalue weighted by molar-refractivity contribution is 6.02. The van der Waals surface area contributed by atoms with Crippen LogP contribution in [0.25, 0.3) is 0 Å². The van der Waals surface area contributed by atoms with Gasteiger partial charge in [0.05, 0.1) is 0 Å². The van der Waals surface area contributed by atoms with E-state index in [0.29, 0.717) is 45.3 Å². The molecule has 2 fully saturated rings. The Bertz CT molecular complexity index is 1170. The first kappa shape index (κ1) is 26.9. The van der Waals surface area contributed by atoms with Gasteiger partial charge in [0, 0.05) is 43.7 Å². The molecule has 0 aromatic heterocycles. The molecule has 6 heteroatoms. The minimum absolute atomic E-state index is 0.0551. The zero-order valence-electron chi connectivity index (χ0n) is 23.0. The topological polar surface area (TPSA) is 60.9 Å². The summed E-state index contributed by atoms with van der Waals surface area (Å²) >= 11 is 0. The number of hydrogen-bond donors (Lipinski definition) is 1. The zero-order chi connectivity index (χ0) is 27.1. The fraction of sp³-hybridized carbons (Fsp3) is 0.562. The maximum atomic E-state index is 15.9. The molecule has 2 saturated heterocycles. The van der Waals surface area contributed by atoms with Crippen LogP contribution in [-0.2, 0) is 13.0 Å². The van der Waals surface area contributed by atoms with Crippen molar-refractivity contribution in [3.63, 3.8) is 0 Å². The maximum absolute atomic E-state index is 15.9. The van der Waals surface area contributed by atoms with Gasteiger partial charge in [-0.1, -0.05) is 69.3 Å². The average molecular weight is 521 g/mol. The van der Waals surface area contributed by atoms with E-state index < -0.39 is 11.8 Å². The summed E-state index contributed by atoms with van der Waals surface area (Å²) in [6, 6.07) is 16.4. The molecule has 1 N–H and O–H groups in total. The summed E-state index contributed by atoms with van der Waals surface area (Å²) in [6.45, 7) is 9.09. The molecular weight excluding hydrogens is 479 g/mol. The third-order valence-corrected chi connectivity index (χ3v) is 9.16. The van der Waals surface area contributed by atoms with Crippen LogP contribution in [0.5, 0.6) is 0 Å². The van der Waals surface area contributed by atoms with Crippen molar-refractivity contribution in [2.45, 2.75) is 83.5 Å². The number of piperidine rings is 2. The van der Waals surface area contributed by atoms with E-state index in [2.05, 4.69) is 43.9 Å². The molecule has 204 valence electrons.